The van der Waals surface area contributed by atoms with Gasteiger partial charge in [0.15, 0.2) is 0 Å². The van der Waals surface area contributed by atoms with Gasteiger partial charge in [0.2, 0.25) is 0 Å². The molecule has 1 aromatic heterocycles. The molecule has 1 atom stereocenters. The van der Waals surface area contributed by atoms with Gasteiger partial charge >= 0.3 is 0 Å². The minimum atomic E-state index is 0.256. The zero-order valence-electron chi connectivity index (χ0n) is 10.6. The molecular weight excluding hydrogens is 246 g/mol. The van der Waals surface area contributed by atoms with Crippen LogP contribution in [0.4, 0.5) is 11.4 Å². The van der Waals surface area contributed by atoms with Gasteiger partial charge in [0.25, 0.3) is 0 Å². The van der Waals surface area contributed by atoms with Gasteiger partial charge in [-0.25, -0.2) is 4.98 Å². The number of nitrogens with zero attached hydrogens (tertiary/aromatic N) is 2. The molecule has 3 rings (SSSR count). The zero-order chi connectivity index (χ0) is 12.7. The maximum absolute atomic E-state index is 6.17. The van der Waals surface area contributed by atoms with Gasteiger partial charge < -0.3 is 15.4 Å². The lowest BCUT2D eigenvalue weighted by atomic mass is 10.2. The molecule has 1 fully saturated rings. The highest BCUT2D eigenvalue weighted by Gasteiger charge is 2.19. The minimum Gasteiger partial charge on any atom is -0.397 e. The Kier molecular flexibility index (Phi) is 2.87. The summed E-state index contributed by atoms with van der Waals surface area (Å²) < 4.78 is 6.73. The number of fused-ring (bicyclic) bond motifs is 1. The molecule has 0 aliphatic carbocycles. The van der Waals surface area contributed by atoms with E-state index >= 15 is 0 Å². The minimum absolute atomic E-state index is 0.256. The summed E-state index contributed by atoms with van der Waals surface area (Å²) in [5, 5.41) is 1.08. The Morgan fingerprint density at radius 3 is 3.11 bits per heavy atom. The first-order chi connectivity index (χ1) is 8.63. The van der Waals surface area contributed by atoms with Crippen molar-refractivity contribution in [3.05, 3.63) is 17.1 Å². The van der Waals surface area contributed by atoms with Crippen LogP contribution in [0.3, 0.4) is 0 Å². The van der Waals surface area contributed by atoms with Crippen molar-refractivity contribution in [3.8, 4) is 0 Å². The molecule has 4 nitrogen and oxygen atoms in total. The number of hydrogen-bond acceptors (Lipinski definition) is 5. The van der Waals surface area contributed by atoms with Gasteiger partial charge in [-0.05, 0) is 26.0 Å². The second-order valence-corrected chi connectivity index (χ2v) is 5.97. The number of benzene rings is 1. The van der Waals surface area contributed by atoms with Gasteiger partial charge in [0.1, 0.15) is 0 Å². The summed E-state index contributed by atoms with van der Waals surface area (Å²) in [6.07, 6.45) is 0.256. The van der Waals surface area contributed by atoms with E-state index < -0.39 is 0 Å². The number of morpholine rings is 1. The van der Waals surface area contributed by atoms with E-state index in [2.05, 4.69) is 22.9 Å². The standard InChI is InChI=1S/C13H17N3OS/c1-8-7-16(3-4-17-8)12-6-11-13(5-10(12)14)18-9(2)15-11/h5-6,8H,3-4,7,14H2,1-2H3. The quantitative estimate of drug-likeness (QED) is 0.803. The molecule has 18 heavy (non-hydrogen) atoms. The Balaban J connectivity index is 2.02. The maximum Gasteiger partial charge on any atom is 0.0907 e. The van der Waals surface area contributed by atoms with Crippen LogP contribution < -0.4 is 10.6 Å². The molecule has 1 aromatic carbocycles. The molecule has 2 aromatic rings. The fourth-order valence-corrected chi connectivity index (χ4v) is 3.26. The zero-order valence-corrected chi connectivity index (χ0v) is 11.5. The van der Waals surface area contributed by atoms with Crippen LogP contribution in [0, 0.1) is 6.92 Å². The predicted octanol–water partition coefficient (Wildman–Crippen LogP) is 2.41. The lowest BCUT2D eigenvalue weighted by Gasteiger charge is -2.33. The van der Waals surface area contributed by atoms with Crippen LogP contribution in [0.25, 0.3) is 10.2 Å². The van der Waals surface area contributed by atoms with Crippen molar-refractivity contribution in [1.29, 1.82) is 0 Å². The average Bonchev–Trinajstić information content (AvgIpc) is 2.67. The molecular formula is C13H17N3OS. The Morgan fingerprint density at radius 2 is 2.33 bits per heavy atom. The van der Waals surface area contributed by atoms with Crippen LogP contribution >= 0.6 is 11.3 Å². The average molecular weight is 263 g/mol. The third-order valence-electron chi connectivity index (χ3n) is 3.23. The number of hydrogen-bond donors (Lipinski definition) is 1. The number of thiazole rings is 1. The van der Waals surface area contributed by atoms with Crippen molar-refractivity contribution in [2.45, 2.75) is 20.0 Å². The van der Waals surface area contributed by atoms with Gasteiger partial charge in [-0.2, -0.15) is 0 Å². The van der Waals surface area contributed by atoms with Gasteiger partial charge in [-0.15, -0.1) is 11.3 Å². The monoisotopic (exact) mass is 263 g/mol. The molecule has 0 bridgehead atoms. The molecule has 5 heteroatoms. The highest BCUT2D eigenvalue weighted by Crippen LogP contribution is 2.32. The summed E-state index contributed by atoms with van der Waals surface area (Å²) >= 11 is 1.69. The van der Waals surface area contributed by atoms with Crippen LogP contribution in [-0.4, -0.2) is 30.8 Å². The molecule has 0 saturated carbocycles. The van der Waals surface area contributed by atoms with Gasteiger partial charge in [-0.3, -0.25) is 0 Å². The molecule has 1 aliphatic rings. The largest absolute Gasteiger partial charge is 0.397 e. The predicted molar refractivity (Wildman–Crippen MR) is 76.4 cm³/mol. The topological polar surface area (TPSA) is 51.4 Å². The summed E-state index contributed by atoms with van der Waals surface area (Å²) in [5.74, 6) is 0. The molecule has 2 heterocycles. The molecule has 1 aliphatic heterocycles. The Bertz CT molecular complexity index is 581. The van der Waals surface area contributed by atoms with E-state index in [0.29, 0.717) is 0 Å². The van der Waals surface area contributed by atoms with Crippen LogP contribution in [0.15, 0.2) is 12.1 Å². The Hall–Kier alpha value is -1.33. The number of aryl methyl sites for hydroxylation is 1. The molecule has 1 saturated heterocycles. The number of ether oxygens (including phenoxy) is 1. The van der Waals surface area contributed by atoms with Crippen molar-refractivity contribution in [2.75, 3.05) is 30.3 Å². The first kappa shape index (κ1) is 11.7. The van der Waals surface area contributed by atoms with E-state index in [-0.39, 0.29) is 6.10 Å². The lowest BCUT2D eigenvalue weighted by molar-refractivity contribution is 0.0533. The summed E-state index contributed by atoms with van der Waals surface area (Å²) in [6.45, 7) is 6.65. The van der Waals surface area contributed by atoms with Gasteiger partial charge in [0, 0.05) is 13.1 Å². The van der Waals surface area contributed by atoms with Gasteiger partial charge in [0.05, 0.1) is 39.3 Å². The molecule has 0 spiro atoms. The summed E-state index contributed by atoms with van der Waals surface area (Å²) in [4.78, 5) is 6.82. The second kappa shape index (κ2) is 4.40. The highest BCUT2D eigenvalue weighted by molar-refractivity contribution is 7.18. The van der Waals surface area contributed by atoms with E-state index in [1.54, 1.807) is 11.3 Å². The van der Waals surface area contributed by atoms with Crippen LogP contribution in [0.2, 0.25) is 0 Å². The summed E-state index contributed by atoms with van der Waals surface area (Å²) in [5.41, 5.74) is 9.13. The first-order valence-corrected chi connectivity index (χ1v) is 6.98. The van der Waals surface area contributed by atoms with Crippen LogP contribution in [0.1, 0.15) is 11.9 Å². The normalized spacial score (nSPS) is 20.6. The molecule has 2 N–H and O–H groups in total. The Labute approximate surface area is 110 Å². The molecule has 1 unspecified atom stereocenters. The fourth-order valence-electron chi connectivity index (χ4n) is 2.40. The van der Waals surface area contributed by atoms with Crippen molar-refractivity contribution >= 4 is 32.9 Å². The SMILES string of the molecule is Cc1nc2cc(N3CCOC(C)C3)c(N)cc2s1. The lowest BCUT2D eigenvalue weighted by Crippen LogP contribution is -2.41. The maximum atomic E-state index is 6.17. The van der Waals surface area contributed by atoms with E-state index in [0.717, 1.165) is 46.3 Å². The first-order valence-electron chi connectivity index (χ1n) is 6.16. The van der Waals surface area contributed by atoms with Crippen LogP contribution in [0.5, 0.6) is 0 Å². The number of nitrogens with two attached hydrogens (primary N) is 1. The van der Waals surface area contributed by atoms with E-state index in [4.69, 9.17) is 10.5 Å². The van der Waals surface area contributed by atoms with Crippen molar-refractivity contribution in [2.24, 2.45) is 0 Å². The van der Waals surface area contributed by atoms with Crippen LogP contribution in [-0.2, 0) is 4.74 Å². The third kappa shape index (κ3) is 2.04. The van der Waals surface area contributed by atoms with E-state index in [1.165, 1.54) is 0 Å². The number of rotatable bonds is 1. The Morgan fingerprint density at radius 1 is 1.50 bits per heavy atom. The number of aromatic nitrogens is 1. The fraction of sp³-hybridized carbons (Fsp3) is 0.462. The summed E-state index contributed by atoms with van der Waals surface area (Å²) in [7, 11) is 0. The number of nitrogen functional groups attached to an aromatic ring is 1. The smallest absolute Gasteiger partial charge is 0.0907 e. The molecule has 0 radical (unpaired) electrons. The van der Waals surface area contributed by atoms with Gasteiger partial charge in [-0.1, -0.05) is 0 Å². The molecule has 0 amide bonds. The van der Waals surface area contributed by atoms with E-state index in [1.807, 2.05) is 13.0 Å². The van der Waals surface area contributed by atoms with Crippen molar-refractivity contribution < 1.29 is 4.74 Å². The van der Waals surface area contributed by atoms with E-state index in [9.17, 15) is 0 Å². The van der Waals surface area contributed by atoms with Crippen molar-refractivity contribution in [1.82, 2.24) is 4.98 Å². The number of anilines is 2. The summed E-state index contributed by atoms with van der Waals surface area (Å²) in [6, 6.07) is 4.14. The van der Waals surface area contributed by atoms with Crippen molar-refractivity contribution in [3.63, 3.8) is 0 Å². The molecule has 96 valence electrons. The second-order valence-electron chi connectivity index (χ2n) is 4.74. The highest BCUT2D eigenvalue weighted by atomic mass is 32.1. The third-order valence-corrected chi connectivity index (χ3v) is 4.16.